The van der Waals surface area contributed by atoms with Gasteiger partial charge in [0.2, 0.25) is 0 Å². The zero-order chi connectivity index (χ0) is 14.4. The van der Waals surface area contributed by atoms with Crippen LogP contribution in [0.3, 0.4) is 0 Å². The third kappa shape index (κ3) is 3.85. The van der Waals surface area contributed by atoms with Crippen molar-refractivity contribution in [3.8, 4) is 0 Å². The third-order valence-corrected chi connectivity index (χ3v) is 3.16. The van der Waals surface area contributed by atoms with Crippen molar-refractivity contribution in [2.75, 3.05) is 6.61 Å². The molecule has 2 N–H and O–H groups in total. The first-order valence-electron chi connectivity index (χ1n) is 6.42. The number of halogens is 1. The van der Waals surface area contributed by atoms with Crippen LogP contribution in [-0.4, -0.2) is 17.6 Å². The fourth-order valence-corrected chi connectivity index (χ4v) is 2.11. The summed E-state index contributed by atoms with van der Waals surface area (Å²) in [6.07, 6.45) is 1.26. The van der Waals surface area contributed by atoms with Crippen molar-refractivity contribution in [2.45, 2.75) is 18.9 Å². The summed E-state index contributed by atoms with van der Waals surface area (Å²) in [6.45, 7) is 0.0891. The number of benzene rings is 1. The molecule has 5 heteroatoms. The highest BCUT2D eigenvalue weighted by Gasteiger charge is 2.17. The normalized spacial score (nSPS) is 12.1. The molecule has 0 bridgehead atoms. The van der Waals surface area contributed by atoms with Crippen LogP contribution in [0.5, 0.6) is 0 Å². The molecule has 1 atom stereocenters. The zero-order valence-electron chi connectivity index (χ0n) is 10.9. The minimum atomic E-state index is -0.316. The van der Waals surface area contributed by atoms with E-state index in [2.05, 4.69) is 5.32 Å². The van der Waals surface area contributed by atoms with Crippen molar-refractivity contribution in [3.63, 3.8) is 0 Å². The van der Waals surface area contributed by atoms with E-state index in [-0.39, 0.29) is 29.5 Å². The summed E-state index contributed by atoms with van der Waals surface area (Å²) in [6, 6.07) is 12.5. The third-order valence-electron chi connectivity index (χ3n) is 2.96. The number of aliphatic hydroxyl groups is 1. The molecule has 0 aliphatic heterocycles. The first kappa shape index (κ1) is 14.6. The summed E-state index contributed by atoms with van der Waals surface area (Å²) in [5.74, 6) is -0.136. The fourth-order valence-electron chi connectivity index (χ4n) is 1.97. The maximum Gasteiger partial charge on any atom is 0.287 e. The number of carbonyl (C=O) groups is 1. The Hall–Kier alpha value is -1.78. The maximum absolute atomic E-state index is 12.1. The molecule has 1 heterocycles. The van der Waals surface area contributed by atoms with Gasteiger partial charge in [-0.05, 0) is 42.1 Å². The molecule has 2 rings (SSSR count). The molecule has 2 aromatic rings. The maximum atomic E-state index is 12.1. The zero-order valence-corrected chi connectivity index (χ0v) is 11.6. The largest absolute Gasteiger partial charge is 0.440 e. The Balaban J connectivity index is 2.09. The number of hydrogen-bond donors (Lipinski definition) is 2. The van der Waals surface area contributed by atoms with E-state index in [9.17, 15) is 4.79 Å². The molecule has 1 aromatic heterocycles. The predicted octanol–water partition coefficient (Wildman–Crippen LogP) is 3.18. The molecule has 0 saturated heterocycles. The van der Waals surface area contributed by atoms with Crippen molar-refractivity contribution in [1.82, 2.24) is 5.32 Å². The van der Waals surface area contributed by atoms with Crippen LogP contribution in [-0.2, 0) is 0 Å². The molecule has 0 spiro atoms. The highest BCUT2D eigenvalue weighted by Crippen LogP contribution is 2.20. The molecule has 0 saturated carbocycles. The second kappa shape index (κ2) is 7.12. The number of amides is 1. The molecule has 1 aromatic carbocycles. The van der Waals surface area contributed by atoms with Crippen LogP contribution >= 0.6 is 11.6 Å². The number of carbonyl (C=O) groups excluding carboxylic acids is 1. The summed E-state index contributed by atoms with van der Waals surface area (Å²) in [7, 11) is 0. The molecule has 0 aliphatic rings. The van der Waals surface area contributed by atoms with E-state index in [1.807, 2.05) is 30.3 Å². The van der Waals surface area contributed by atoms with Gasteiger partial charge in [0.1, 0.15) is 0 Å². The highest BCUT2D eigenvalue weighted by atomic mass is 35.5. The van der Waals surface area contributed by atoms with Crippen LogP contribution in [0.2, 0.25) is 5.22 Å². The average Bonchev–Trinajstić information content (AvgIpc) is 2.91. The van der Waals surface area contributed by atoms with Gasteiger partial charge in [-0.2, -0.15) is 0 Å². The lowest BCUT2D eigenvalue weighted by Crippen LogP contribution is -2.28. The number of rotatable bonds is 6. The van der Waals surface area contributed by atoms with Gasteiger partial charge in [0.25, 0.3) is 5.91 Å². The van der Waals surface area contributed by atoms with Crippen molar-refractivity contribution < 1.29 is 14.3 Å². The standard InChI is InChI=1S/C15H16ClNO3/c16-14-9-8-13(20-14)15(19)17-12(7-4-10-18)11-5-2-1-3-6-11/h1-3,5-6,8-9,12,18H,4,7,10H2,(H,17,19). The van der Waals surface area contributed by atoms with Gasteiger partial charge < -0.3 is 14.8 Å². The summed E-state index contributed by atoms with van der Waals surface area (Å²) in [5, 5.41) is 12.0. The van der Waals surface area contributed by atoms with Gasteiger partial charge in [0, 0.05) is 6.61 Å². The Kier molecular flexibility index (Phi) is 5.21. The molecule has 0 radical (unpaired) electrons. The molecule has 0 aliphatic carbocycles. The minimum absolute atomic E-state index is 0.0891. The van der Waals surface area contributed by atoms with Crippen LogP contribution in [0.1, 0.15) is 35.0 Å². The first-order valence-corrected chi connectivity index (χ1v) is 6.80. The second-order valence-electron chi connectivity index (χ2n) is 4.41. The molecule has 0 fully saturated rings. The van der Waals surface area contributed by atoms with Gasteiger partial charge in [-0.1, -0.05) is 30.3 Å². The lowest BCUT2D eigenvalue weighted by Gasteiger charge is -2.18. The lowest BCUT2D eigenvalue weighted by molar-refractivity contribution is 0.0904. The van der Waals surface area contributed by atoms with Gasteiger partial charge in [-0.3, -0.25) is 4.79 Å². The smallest absolute Gasteiger partial charge is 0.287 e. The number of furan rings is 1. The predicted molar refractivity (Wildman–Crippen MR) is 76.7 cm³/mol. The van der Waals surface area contributed by atoms with E-state index >= 15 is 0 Å². The van der Waals surface area contributed by atoms with E-state index in [0.717, 1.165) is 5.56 Å². The van der Waals surface area contributed by atoms with Crippen LogP contribution in [0.4, 0.5) is 0 Å². The Labute approximate surface area is 122 Å². The second-order valence-corrected chi connectivity index (χ2v) is 4.78. The summed E-state index contributed by atoms with van der Waals surface area (Å²) in [5.41, 5.74) is 0.993. The summed E-state index contributed by atoms with van der Waals surface area (Å²) in [4.78, 5) is 12.1. The number of hydrogen-bond acceptors (Lipinski definition) is 3. The monoisotopic (exact) mass is 293 g/mol. The molecule has 4 nitrogen and oxygen atoms in total. The number of aliphatic hydroxyl groups excluding tert-OH is 1. The Bertz CT molecular complexity index is 553. The molecule has 1 amide bonds. The minimum Gasteiger partial charge on any atom is -0.440 e. The van der Waals surface area contributed by atoms with Crippen LogP contribution in [0.15, 0.2) is 46.9 Å². The molecule has 106 valence electrons. The SMILES string of the molecule is O=C(NC(CCCO)c1ccccc1)c1ccc(Cl)o1. The summed E-state index contributed by atoms with van der Waals surface area (Å²) < 4.78 is 5.09. The van der Waals surface area contributed by atoms with Gasteiger partial charge in [0.05, 0.1) is 6.04 Å². The van der Waals surface area contributed by atoms with E-state index in [1.165, 1.54) is 12.1 Å². The number of nitrogens with one attached hydrogen (secondary N) is 1. The van der Waals surface area contributed by atoms with Crippen LogP contribution in [0.25, 0.3) is 0 Å². The van der Waals surface area contributed by atoms with E-state index in [4.69, 9.17) is 21.1 Å². The molecular formula is C15H16ClNO3. The van der Waals surface area contributed by atoms with Crippen molar-refractivity contribution in [3.05, 3.63) is 59.0 Å². The van der Waals surface area contributed by atoms with Crippen molar-refractivity contribution >= 4 is 17.5 Å². The lowest BCUT2D eigenvalue weighted by atomic mass is 10.0. The molecule has 1 unspecified atom stereocenters. The molecule has 20 heavy (non-hydrogen) atoms. The average molecular weight is 294 g/mol. The Morgan fingerprint density at radius 3 is 2.60 bits per heavy atom. The van der Waals surface area contributed by atoms with Crippen LogP contribution in [0, 0.1) is 0 Å². The van der Waals surface area contributed by atoms with Crippen molar-refractivity contribution in [1.29, 1.82) is 0 Å². The first-order chi connectivity index (χ1) is 9.70. The van der Waals surface area contributed by atoms with Crippen LogP contribution < -0.4 is 5.32 Å². The van der Waals surface area contributed by atoms with Crippen molar-refractivity contribution in [2.24, 2.45) is 0 Å². The van der Waals surface area contributed by atoms with Gasteiger partial charge in [-0.25, -0.2) is 0 Å². The van der Waals surface area contributed by atoms with E-state index in [0.29, 0.717) is 12.8 Å². The summed E-state index contributed by atoms with van der Waals surface area (Å²) >= 11 is 5.66. The van der Waals surface area contributed by atoms with E-state index in [1.54, 1.807) is 0 Å². The van der Waals surface area contributed by atoms with E-state index < -0.39 is 0 Å². The topological polar surface area (TPSA) is 62.5 Å². The fraction of sp³-hybridized carbons (Fsp3) is 0.267. The van der Waals surface area contributed by atoms with Gasteiger partial charge >= 0.3 is 0 Å². The van der Waals surface area contributed by atoms with Gasteiger partial charge in [-0.15, -0.1) is 0 Å². The molecular weight excluding hydrogens is 278 g/mol. The Morgan fingerprint density at radius 2 is 2.00 bits per heavy atom. The quantitative estimate of drug-likeness (QED) is 0.860. The highest BCUT2D eigenvalue weighted by molar-refractivity contribution is 6.29. The Morgan fingerprint density at radius 1 is 1.25 bits per heavy atom. The van der Waals surface area contributed by atoms with Gasteiger partial charge in [0.15, 0.2) is 11.0 Å².